The minimum Gasteiger partial charge on any atom is -0.370 e. The molecule has 2 N–H and O–H groups in total. The van der Waals surface area contributed by atoms with Gasteiger partial charge in [-0.3, -0.25) is 0 Å². The van der Waals surface area contributed by atoms with E-state index in [-0.39, 0.29) is 6.04 Å². The lowest BCUT2D eigenvalue weighted by Crippen LogP contribution is -2.35. The Bertz CT molecular complexity index is 426. The van der Waals surface area contributed by atoms with Crippen LogP contribution in [0.5, 0.6) is 0 Å². The first-order valence-electron chi connectivity index (χ1n) is 7.25. The molecule has 5 nitrogen and oxygen atoms in total. The number of aromatic nitrogens is 2. The molecule has 0 aromatic carbocycles. The van der Waals surface area contributed by atoms with Gasteiger partial charge in [0.2, 0.25) is 11.7 Å². The van der Waals surface area contributed by atoms with Crippen LogP contribution in [-0.2, 0) is 10.3 Å². The average molecular weight is 299 g/mol. The molecule has 114 valence electrons. The fraction of sp³-hybridized carbons (Fsp3) is 0.857. The molecule has 0 radical (unpaired) electrons. The molecule has 0 saturated heterocycles. The van der Waals surface area contributed by atoms with Crippen molar-refractivity contribution in [3.05, 3.63) is 11.7 Å². The minimum atomic E-state index is -0.390. The van der Waals surface area contributed by atoms with Gasteiger partial charge in [-0.1, -0.05) is 18.5 Å². The molecule has 2 rings (SSSR count). The Labute approximate surface area is 125 Å². The zero-order valence-electron chi connectivity index (χ0n) is 12.6. The molecule has 1 saturated carbocycles. The largest absolute Gasteiger partial charge is 0.370 e. The molecular weight excluding hydrogens is 274 g/mol. The third-order valence-corrected chi connectivity index (χ3v) is 4.79. The number of nitrogens with zero attached hydrogens (tertiary/aromatic N) is 2. The van der Waals surface area contributed by atoms with Crippen molar-refractivity contribution in [1.29, 1.82) is 0 Å². The predicted octanol–water partition coefficient (Wildman–Crippen LogP) is 2.87. The van der Waals surface area contributed by atoms with E-state index in [0.29, 0.717) is 17.6 Å². The molecule has 1 fully saturated rings. The predicted molar refractivity (Wildman–Crippen MR) is 80.5 cm³/mol. The Morgan fingerprint density at radius 2 is 2.40 bits per heavy atom. The summed E-state index contributed by atoms with van der Waals surface area (Å²) < 4.78 is 11.1. The monoisotopic (exact) mass is 299 g/mol. The molecule has 1 aliphatic rings. The van der Waals surface area contributed by atoms with Gasteiger partial charge in [0, 0.05) is 7.11 Å². The SMILES string of the molecule is COC1(c2noc(C(N)CCSC)n2)CCCC(C)C1. The summed E-state index contributed by atoms with van der Waals surface area (Å²) in [5, 5.41) is 4.15. The van der Waals surface area contributed by atoms with Crippen molar-refractivity contribution in [2.45, 2.75) is 50.7 Å². The lowest BCUT2D eigenvalue weighted by Gasteiger charge is -2.36. The van der Waals surface area contributed by atoms with Crippen molar-refractivity contribution in [2.24, 2.45) is 11.7 Å². The van der Waals surface area contributed by atoms with Crippen LogP contribution in [0.25, 0.3) is 0 Å². The van der Waals surface area contributed by atoms with Crippen molar-refractivity contribution < 1.29 is 9.26 Å². The lowest BCUT2D eigenvalue weighted by atomic mass is 9.78. The van der Waals surface area contributed by atoms with Crippen LogP contribution < -0.4 is 5.73 Å². The Hall–Kier alpha value is -0.590. The first kappa shape index (κ1) is 15.8. The van der Waals surface area contributed by atoms with Gasteiger partial charge in [0.25, 0.3) is 0 Å². The standard InChI is InChI=1S/C14H25N3O2S/c1-10-5-4-7-14(9-10,18-2)13-16-12(19-17-13)11(15)6-8-20-3/h10-11H,4-9,15H2,1-3H3. The van der Waals surface area contributed by atoms with E-state index in [0.717, 1.165) is 31.4 Å². The maximum atomic E-state index is 6.09. The number of rotatable bonds is 6. The molecule has 0 amide bonds. The van der Waals surface area contributed by atoms with Crippen molar-refractivity contribution in [2.75, 3.05) is 19.1 Å². The third kappa shape index (κ3) is 3.35. The van der Waals surface area contributed by atoms with Crippen LogP contribution in [0, 0.1) is 5.92 Å². The number of methoxy groups -OCH3 is 1. The van der Waals surface area contributed by atoms with Crippen LogP contribution in [0.15, 0.2) is 4.52 Å². The maximum absolute atomic E-state index is 6.09. The van der Waals surface area contributed by atoms with Gasteiger partial charge in [-0.15, -0.1) is 0 Å². The number of hydrogen-bond donors (Lipinski definition) is 1. The Balaban J connectivity index is 2.13. The Morgan fingerprint density at radius 3 is 3.05 bits per heavy atom. The molecule has 3 unspecified atom stereocenters. The van der Waals surface area contributed by atoms with Crippen LogP contribution in [0.2, 0.25) is 0 Å². The van der Waals surface area contributed by atoms with E-state index >= 15 is 0 Å². The zero-order valence-corrected chi connectivity index (χ0v) is 13.4. The summed E-state index contributed by atoms with van der Waals surface area (Å²) in [6.07, 6.45) is 7.18. The van der Waals surface area contributed by atoms with Gasteiger partial charge < -0.3 is 15.0 Å². The van der Waals surface area contributed by atoms with E-state index in [1.807, 2.05) is 0 Å². The summed E-state index contributed by atoms with van der Waals surface area (Å²) in [5.41, 5.74) is 5.70. The van der Waals surface area contributed by atoms with Crippen LogP contribution in [0.4, 0.5) is 0 Å². The molecule has 1 aromatic rings. The van der Waals surface area contributed by atoms with Gasteiger partial charge in [-0.05, 0) is 43.6 Å². The van der Waals surface area contributed by atoms with Crippen molar-refractivity contribution >= 4 is 11.8 Å². The molecule has 1 heterocycles. The highest BCUT2D eigenvalue weighted by atomic mass is 32.2. The molecule has 1 aliphatic carbocycles. The molecule has 3 atom stereocenters. The molecule has 1 aromatic heterocycles. The summed E-state index contributed by atoms with van der Waals surface area (Å²) in [4.78, 5) is 4.53. The van der Waals surface area contributed by atoms with Gasteiger partial charge in [0.15, 0.2) is 0 Å². The van der Waals surface area contributed by atoms with E-state index in [9.17, 15) is 0 Å². The highest BCUT2D eigenvalue weighted by molar-refractivity contribution is 7.98. The molecule has 0 bridgehead atoms. The Kier molecular flexibility index (Phi) is 5.46. The van der Waals surface area contributed by atoms with Gasteiger partial charge in [-0.2, -0.15) is 16.7 Å². The summed E-state index contributed by atoms with van der Waals surface area (Å²) in [6.45, 7) is 2.25. The lowest BCUT2D eigenvalue weighted by molar-refractivity contribution is -0.0658. The van der Waals surface area contributed by atoms with Gasteiger partial charge in [0.1, 0.15) is 5.60 Å². The van der Waals surface area contributed by atoms with E-state index < -0.39 is 5.60 Å². The fourth-order valence-corrected chi connectivity index (χ4v) is 3.41. The van der Waals surface area contributed by atoms with E-state index in [4.69, 9.17) is 15.0 Å². The molecule has 0 aliphatic heterocycles. The number of ether oxygens (including phenoxy) is 1. The van der Waals surface area contributed by atoms with Crippen LogP contribution >= 0.6 is 11.8 Å². The van der Waals surface area contributed by atoms with Crippen LogP contribution in [0.1, 0.15) is 56.8 Å². The third-order valence-electron chi connectivity index (χ3n) is 4.15. The zero-order chi connectivity index (χ0) is 14.6. The summed E-state index contributed by atoms with van der Waals surface area (Å²) in [5.74, 6) is 2.81. The molecular formula is C14H25N3O2S. The van der Waals surface area contributed by atoms with Gasteiger partial charge in [-0.25, -0.2) is 0 Å². The second-order valence-corrected chi connectivity index (χ2v) is 6.73. The summed E-state index contributed by atoms with van der Waals surface area (Å²) >= 11 is 1.77. The first-order valence-corrected chi connectivity index (χ1v) is 8.64. The summed E-state index contributed by atoms with van der Waals surface area (Å²) in [6, 6.07) is -0.182. The van der Waals surface area contributed by atoms with E-state index in [1.165, 1.54) is 6.42 Å². The second kappa shape index (κ2) is 6.91. The second-order valence-electron chi connectivity index (χ2n) is 5.74. The quantitative estimate of drug-likeness (QED) is 0.870. The fourth-order valence-electron chi connectivity index (χ4n) is 2.92. The van der Waals surface area contributed by atoms with Gasteiger partial charge >= 0.3 is 0 Å². The highest BCUT2D eigenvalue weighted by Gasteiger charge is 2.41. The number of nitrogens with two attached hydrogens (primary N) is 1. The van der Waals surface area contributed by atoms with Crippen molar-refractivity contribution in [3.8, 4) is 0 Å². The van der Waals surface area contributed by atoms with E-state index in [1.54, 1.807) is 18.9 Å². The normalized spacial score (nSPS) is 28.5. The molecule has 0 spiro atoms. The minimum absolute atomic E-state index is 0.182. The van der Waals surface area contributed by atoms with E-state index in [2.05, 4.69) is 23.3 Å². The molecule has 20 heavy (non-hydrogen) atoms. The smallest absolute Gasteiger partial charge is 0.243 e. The molecule has 6 heteroatoms. The average Bonchev–Trinajstić information content (AvgIpc) is 2.95. The van der Waals surface area contributed by atoms with Gasteiger partial charge in [0.05, 0.1) is 6.04 Å². The highest BCUT2D eigenvalue weighted by Crippen LogP contribution is 2.41. The first-order chi connectivity index (χ1) is 9.61. The summed E-state index contributed by atoms with van der Waals surface area (Å²) in [7, 11) is 1.74. The number of thioether (sulfide) groups is 1. The topological polar surface area (TPSA) is 74.2 Å². The van der Waals surface area contributed by atoms with Crippen molar-refractivity contribution in [3.63, 3.8) is 0 Å². The maximum Gasteiger partial charge on any atom is 0.243 e. The van der Waals surface area contributed by atoms with Crippen LogP contribution in [-0.4, -0.2) is 29.3 Å². The Morgan fingerprint density at radius 1 is 1.60 bits per heavy atom. The van der Waals surface area contributed by atoms with Crippen molar-refractivity contribution in [1.82, 2.24) is 10.1 Å². The number of hydrogen-bond acceptors (Lipinski definition) is 6. The van der Waals surface area contributed by atoms with Crippen LogP contribution in [0.3, 0.4) is 0 Å².